The van der Waals surface area contributed by atoms with E-state index in [2.05, 4.69) is 0 Å². The monoisotopic (exact) mass is 140 g/mol. The largest absolute Gasteiger partial charge is 0.207 e. The third-order valence-electron chi connectivity index (χ3n) is 1.01. The lowest BCUT2D eigenvalue weighted by atomic mass is 10.3. The highest BCUT2D eigenvalue weighted by Gasteiger charge is 1.81. The van der Waals surface area contributed by atoms with Gasteiger partial charge in [0.25, 0.3) is 0 Å². The average molecular weight is 140 g/mol. The highest BCUT2D eigenvalue weighted by atomic mass is 19.1. The van der Waals surface area contributed by atoms with Gasteiger partial charge in [-0.3, -0.25) is 0 Å². The van der Waals surface area contributed by atoms with E-state index in [1.165, 1.54) is 6.08 Å². The third-order valence-corrected chi connectivity index (χ3v) is 1.01. The van der Waals surface area contributed by atoms with Gasteiger partial charge < -0.3 is 0 Å². The molecule has 10 heavy (non-hydrogen) atoms. The minimum atomic E-state index is -0.166. The fourth-order valence-corrected chi connectivity index (χ4v) is 0.544. The minimum absolute atomic E-state index is 0.166. The van der Waals surface area contributed by atoms with Crippen molar-refractivity contribution in [2.24, 2.45) is 0 Å². The lowest BCUT2D eigenvalue weighted by Crippen LogP contribution is -1.64. The highest BCUT2D eigenvalue weighted by Crippen LogP contribution is 2.00. The molecule has 0 aliphatic rings. The summed E-state index contributed by atoms with van der Waals surface area (Å²) in [4.78, 5) is 0. The molecule has 0 spiro atoms. The molecule has 0 saturated heterocycles. The second-order valence-electron chi connectivity index (χ2n) is 1.89. The zero-order chi connectivity index (χ0) is 7.82. The molecule has 0 heterocycles. The molecule has 0 radical (unpaired) electrons. The molecule has 0 aromatic rings. The summed E-state index contributed by atoms with van der Waals surface area (Å²) in [5.41, 5.74) is 0. The Morgan fingerprint density at radius 3 is 2.50 bits per heavy atom. The molecule has 1 heteroatoms. The Kier molecular flexibility index (Phi) is 5.74. The Hall–Kier alpha value is -0.850. The minimum Gasteiger partial charge on any atom is -0.207 e. The Morgan fingerprint density at radius 2 is 2.00 bits per heavy atom. The molecule has 0 saturated carbocycles. The van der Waals surface area contributed by atoms with Gasteiger partial charge >= 0.3 is 0 Å². The van der Waals surface area contributed by atoms with Gasteiger partial charge in [0.1, 0.15) is 5.83 Å². The van der Waals surface area contributed by atoms with Gasteiger partial charge in [0.15, 0.2) is 0 Å². The maximum atomic E-state index is 12.5. The molecule has 0 nitrogen and oxygen atoms in total. The summed E-state index contributed by atoms with van der Waals surface area (Å²) in [6, 6.07) is 0. The first-order valence-corrected chi connectivity index (χ1v) is 3.40. The van der Waals surface area contributed by atoms with Crippen molar-refractivity contribution in [2.45, 2.75) is 20.3 Å². The molecule has 0 aromatic carbocycles. The van der Waals surface area contributed by atoms with Crippen molar-refractivity contribution >= 4 is 0 Å². The van der Waals surface area contributed by atoms with Crippen molar-refractivity contribution in [1.29, 1.82) is 0 Å². The summed E-state index contributed by atoms with van der Waals surface area (Å²) in [6.07, 6.45) is 9.15. The average Bonchev–Trinajstić information content (AvgIpc) is 1.89. The number of halogens is 1. The van der Waals surface area contributed by atoms with E-state index in [0.717, 1.165) is 0 Å². The summed E-state index contributed by atoms with van der Waals surface area (Å²) < 4.78 is 12.5. The first kappa shape index (κ1) is 9.15. The first-order chi connectivity index (χ1) is 4.81. The van der Waals surface area contributed by atoms with Crippen LogP contribution < -0.4 is 0 Å². The maximum absolute atomic E-state index is 12.5. The molecule has 0 fully saturated rings. The maximum Gasteiger partial charge on any atom is 0.119 e. The predicted molar refractivity (Wildman–Crippen MR) is 43.4 cm³/mol. The molecule has 0 aliphatic heterocycles. The molecule has 0 bridgehead atoms. The highest BCUT2D eigenvalue weighted by molar-refractivity contribution is 5.11. The SMILES string of the molecule is C/C=C/C/C=C(F)\C=C\C. The Morgan fingerprint density at radius 1 is 1.30 bits per heavy atom. The fraction of sp³-hybridized carbons (Fsp3) is 0.333. The molecule has 0 unspecified atom stereocenters. The standard InChI is InChI=1S/C9H13F/c1-3-5-6-8-9(10)7-4-2/h3-5,7-8H,6H2,1-2H3/b5-3+,7-4+,9-8+. The second kappa shape index (κ2) is 6.27. The summed E-state index contributed by atoms with van der Waals surface area (Å²) in [7, 11) is 0. The van der Waals surface area contributed by atoms with Crippen LogP contribution in [-0.2, 0) is 0 Å². The van der Waals surface area contributed by atoms with Crippen LogP contribution in [0.15, 0.2) is 36.2 Å². The van der Waals surface area contributed by atoms with Crippen LogP contribution in [0.1, 0.15) is 20.3 Å². The van der Waals surface area contributed by atoms with E-state index in [-0.39, 0.29) is 5.83 Å². The van der Waals surface area contributed by atoms with Crippen molar-refractivity contribution in [1.82, 2.24) is 0 Å². The van der Waals surface area contributed by atoms with E-state index in [4.69, 9.17) is 0 Å². The van der Waals surface area contributed by atoms with E-state index in [0.29, 0.717) is 6.42 Å². The topological polar surface area (TPSA) is 0 Å². The van der Waals surface area contributed by atoms with E-state index < -0.39 is 0 Å². The number of rotatable bonds is 3. The van der Waals surface area contributed by atoms with Crippen LogP contribution in [0.5, 0.6) is 0 Å². The van der Waals surface area contributed by atoms with Crippen LogP contribution in [0.2, 0.25) is 0 Å². The Balaban J connectivity index is 3.68. The summed E-state index contributed by atoms with van der Waals surface area (Å²) in [5.74, 6) is -0.166. The van der Waals surface area contributed by atoms with Crippen molar-refractivity contribution in [2.75, 3.05) is 0 Å². The van der Waals surface area contributed by atoms with Gasteiger partial charge in [0.05, 0.1) is 0 Å². The molecule has 0 N–H and O–H groups in total. The molecule has 0 amide bonds. The summed E-state index contributed by atoms with van der Waals surface area (Å²) in [5, 5.41) is 0. The molecule has 56 valence electrons. The lowest BCUT2D eigenvalue weighted by molar-refractivity contribution is 0.662. The zero-order valence-electron chi connectivity index (χ0n) is 6.47. The van der Waals surface area contributed by atoms with Gasteiger partial charge in [0, 0.05) is 0 Å². The molecular formula is C9H13F. The van der Waals surface area contributed by atoms with Crippen LogP contribution in [0.3, 0.4) is 0 Å². The molecule has 0 aliphatic carbocycles. The van der Waals surface area contributed by atoms with Gasteiger partial charge in [-0.15, -0.1) is 0 Å². The van der Waals surface area contributed by atoms with Crippen molar-refractivity contribution in [3.05, 3.63) is 36.2 Å². The van der Waals surface area contributed by atoms with E-state index in [9.17, 15) is 4.39 Å². The van der Waals surface area contributed by atoms with Crippen LogP contribution in [0, 0.1) is 0 Å². The summed E-state index contributed by atoms with van der Waals surface area (Å²) >= 11 is 0. The Labute approximate surface area is 61.8 Å². The fourth-order valence-electron chi connectivity index (χ4n) is 0.544. The molecular weight excluding hydrogens is 127 g/mol. The smallest absolute Gasteiger partial charge is 0.119 e. The van der Waals surface area contributed by atoms with E-state index in [1.54, 1.807) is 19.1 Å². The quantitative estimate of drug-likeness (QED) is 0.416. The first-order valence-electron chi connectivity index (χ1n) is 3.40. The third kappa shape index (κ3) is 5.29. The van der Waals surface area contributed by atoms with Gasteiger partial charge in [-0.25, -0.2) is 4.39 Å². The Bertz CT molecular complexity index is 152. The van der Waals surface area contributed by atoms with Crippen LogP contribution in [0.25, 0.3) is 0 Å². The van der Waals surface area contributed by atoms with Gasteiger partial charge in [-0.2, -0.15) is 0 Å². The van der Waals surface area contributed by atoms with Crippen LogP contribution in [0.4, 0.5) is 4.39 Å². The number of hydrogen-bond donors (Lipinski definition) is 0. The van der Waals surface area contributed by atoms with Gasteiger partial charge in [0.2, 0.25) is 0 Å². The number of hydrogen-bond acceptors (Lipinski definition) is 0. The van der Waals surface area contributed by atoms with E-state index in [1.807, 2.05) is 19.1 Å². The normalized spacial score (nSPS) is 13.7. The molecule has 0 atom stereocenters. The lowest BCUT2D eigenvalue weighted by Gasteiger charge is -1.83. The molecule has 0 aromatic heterocycles. The molecule has 0 rings (SSSR count). The van der Waals surface area contributed by atoms with E-state index >= 15 is 0 Å². The predicted octanol–water partition coefficient (Wildman–Crippen LogP) is 3.38. The van der Waals surface area contributed by atoms with Gasteiger partial charge in [-0.1, -0.05) is 18.2 Å². The van der Waals surface area contributed by atoms with Gasteiger partial charge in [-0.05, 0) is 32.4 Å². The summed E-state index contributed by atoms with van der Waals surface area (Å²) in [6.45, 7) is 3.71. The second-order valence-corrected chi connectivity index (χ2v) is 1.89. The van der Waals surface area contributed by atoms with Crippen molar-refractivity contribution in [3.63, 3.8) is 0 Å². The number of allylic oxidation sites excluding steroid dienone is 6. The van der Waals surface area contributed by atoms with Crippen molar-refractivity contribution in [3.8, 4) is 0 Å². The zero-order valence-corrected chi connectivity index (χ0v) is 6.47. The van der Waals surface area contributed by atoms with Crippen LogP contribution in [-0.4, -0.2) is 0 Å². The van der Waals surface area contributed by atoms with Crippen molar-refractivity contribution < 1.29 is 4.39 Å². The van der Waals surface area contributed by atoms with Crippen LogP contribution >= 0.6 is 0 Å².